The molecule has 1 aliphatic heterocycles. The van der Waals surface area contributed by atoms with Crippen LogP contribution in [-0.4, -0.2) is 56.1 Å². The molecular weight excluding hydrogens is 573 g/mol. The van der Waals surface area contributed by atoms with Crippen molar-refractivity contribution in [3.8, 4) is 5.69 Å². The van der Waals surface area contributed by atoms with E-state index in [1.54, 1.807) is 4.68 Å². The normalized spacial score (nSPS) is 13.9. The summed E-state index contributed by atoms with van der Waals surface area (Å²) in [6.45, 7) is 2.21. The Hall–Kier alpha value is -4.17. The number of nitrogens with zero attached hydrogens (tertiary/aromatic N) is 6. The molecule has 1 aliphatic rings. The van der Waals surface area contributed by atoms with Crippen molar-refractivity contribution < 1.29 is 31.5 Å². The predicted molar refractivity (Wildman–Crippen MR) is 146 cm³/mol. The summed E-state index contributed by atoms with van der Waals surface area (Å²) >= 11 is 0. The summed E-state index contributed by atoms with van der Waals surface area (Å²) in [6, 6.07) is 8.20. The number of benzene rings is 2. The molecule has 9 nitrogen and oxygen atoms in total. The van der Waals surface area contributed by atoms with Crippen LogP contribution in [0.15, 0.2) is 42.9 Å². The van der Waals surface area contributed by atoms with Gasteiger partial charge in [-0.3, -0.25) is 9.48 Å². The summed E-state index contributed by atoms with van der Waals surface area (Å²) < 4.78 is 77.6. The second-order valence-electron chi connectivity index (χ2n) is 10.6. The van der Waals surface area contributed by atoms with E-state index in [-0.39, 0.29) is 23.4 Å². The molecule has 0 radical (unpaired) electrons. The van der Waals surface area contributed by atoms with Crippen molar-refractivity contribution in [2.45, 2.75) is 51.9 Å². The number of alkyl halides is 4. The highest BCUT2D eigenvalue weighted by Crippen LogP contribution is 2.33. The second-order valence-corrected chi connectivity index (χ2v) is 10.6. The number of ether oxygens (including phenoxy) is 1. The Balaban J connectivity index is 1.40. The van der Waals surface area contributed by atoms with Gasteiger partial charge in [-0.2, -0.15) is 5.10 Å². The number of aromatic nitrogens is 5. The van der Waals surface area contributed by atoms with Gasteiger partial charge >= 0.3 is 0 Å². The van der Waals surface area contributed by atoms with Gasteiger partial charge in [-0.05, 0) is 42.3 Å². The first-order valence-electron chi connectivity index (χ1n) is 13.5. The van der Waals surface area contributed by atoms with Crippen LogP contribution in [0.3, 0.4) is 0 Å². The van der Waals surface area contributed by atoms with Gasteiger partial charge in [0.2, 0.25) is 5.82 Å². The Labute approximate surface area is 244 Å². The van der Waals surface area contributed by atoms with E-state index in [1.165, 1.54) is 24.4 Å². The Bertz CT molecular complexity index is 1630. The van der Waals surface area contributed by atoms with Gasteiger partial charge < -0.3 is 15.0 Å². The van der Waals surface area contributed by atoms with Crippen molar-refractivity contribution in [3.63, 3.8) is 0 Å². The SMILES string of the molecule is COCc1nn(Cc2ccc3c(c2)CN(C)CC3)cc1C(=O)NCc1c(-n2cnc(C(F)F)n2)ccc(C(C)(F)F)c1F. The van der Waals surface area contributed by atoms with Crippen LogP contribution in [0, 0.1) is 5.82 Å². The van der Waals surface area contributed by atoms with E-state index in [4.69, 9.17) is 4.74 Å². The maximum atomic E-state index is 15.4. The molecule has 5 rings (SSSR count). The summed E-state index contributed by atoms with van der Waals surface area (Å²) in [5, 5.41) is 10.7. The third-order valence-electron chi connectivity index (χ3n) is 7.25. The van der Waals surface area contributed by atoms with Gasteiger partial charge in [0.1, 0.15) is 17.8 Å². The minimum atomic E-state index is -3.54. The third kappa shape index (κ3) is 6.59. The van der Waals surface area contributed by atoms with Crippen molar-refractivity contribution in [2.75, 3.05) is 20.7 Å². The zero-order valence-corrected chi connectivity index (χ0v) is 23.8. The third-order valence-corrected chi connectivity index (χ3v) is 7.25. The summed E-state index contributed by atoms with van der Waals surface area (Å²) in [7, 11) is 3.51. The molecule has 4 aromatic rings. The van der Waals surface area contributed by atoms with Crippen LogP contribution < -0.4 is 5.32 Å². The Kier molecular flexibility index (Phi) is 8.60. The molecule has 0 spiro atoms. The summed E-state index contributed by atoms with van der Waals surface area (Å²) in [4.78, 5) is 19.0. The molecule has 0 saturated carbocycles. The van der Waals surface area contributed by atoms with E-state index in [2.05, 4.69) is 44.6 Å². The topological polar surface area (TPSA) is 90.1 Å². The number of fused-ring (bicyclic) bond motifs is 1. The van der Waals surface area contributed by atoms with Gasteiger partial charge in [-0.15, -0.1) is 5.10 Å². The number of hydrogen-bond donors (Lipinski definition) is 1. The molecule has 43 heavy (non-hydrogen) atoms. The molecule has 0 aliphatic carbocycles. The number of rotatable bonds is 10. The van der Waals surface area contributed by atoms with E-state index in [1.807, 2.05) is 6.07 Å². The molecule has 0 unspecified atom stereocenters. The van der Waals surface area contributed by atoms with Gasteiger partial charge in [0.25, 0.3) is 18.3 Å². The molecule has 0 saturated heterocycles. The molecule has 0 atom stereocenters. The smallest absolute Gasteiger partial charge is 0.299 e. The lowest BCUT2D eigenvalue weighted by Crippen LogP contribution is -2.26. The fraction of sp³-hybridized carbons (Fsp3) is 0.379. The first kappa shape index (κ1) is 30.3. The molecule has 3 heterocycles. The van der Waals surface area contributed by atoms with Crippen LogP contribution in [0.1, 0.15) is 63.0 Å². The maximum absolute atomic E-state index is 15.4. The first-order valence-corrected chi connectivity index (χ1v) is 13.5. The van der Waals surface area contributed by atoms with Crippen LogP contribution in [0.5, 0.6) is 0 Å². The van der Waals surface area contributed by atoms with Crippen LogP contribution in [-0.2, 0) is 43.3 Å². The molecule has 0 fully saturated rings. The fourth-order valence-corrected chi connectivity index (χ4v) is 5.10. The summed E-state index contributed by atoms with van der Waals surface area (Å²) in [5.74, 6) is -6.32. The second kappa shape index (κ2) is 12.2. The number of nitrogens with one attached hydrogen (secondary N) is 1. The van der Waals surface area contributed by atoms with Crippen molar-refractivity contribution in [3.05, 3.63) is 93.6 Å². The average molecular weight is 604 g/mol. The molecule has 14 heteroatoms. The maximum Gasteiger partial charge on any atom is 0.299 e. The van der Waals surface area contributed by atoms with Crippen LogP contribution in [0.2, 0.25) is 0 Å². The van der Waals surface area contributed by atoms with E-state index in [0.717, 1.165) is 48.2 Å². The standard InChI is InChI=1S/C29H30F5N7O2/c1-29(33,34)22-6-7-24(41-16-36-27(38-41)26(31)32)20(25(22)30)11-35-28(42)21-14-40(37-23(21)15-43-3)12-17-4-5-18-8-9-39(2)13-19(18)10-17/h4-7,10,14,16,26H,8-9,11-13,15H2,1-3H3,(H,35,42). The molecule has 2 aromatic heterocycles. The number of halogens is 5. The average Bonchev–Trinajstić information content (AvgIpc) is 3.59. The molecule has 1 amide bonds. The number of methoxy groups -OCH3 is 1. The molecule has 2 aromatic carbocycles. The lowest BCUT2D eigenvalue weighted by atomic mass is 9.98. The Morgan fingerprint density at radius 3 is 2.65 bits per heavy atom. The van der Waals surface area contributed by atoms with E-state index in [0.29, 0.717) is 19.2 Å². The van der Waals surface area contributed by atoms with Crippen molar-refractivity contribution >= 4 is 5.91 Å². The largest absolute Gasteiger partial charge is 0.378 e. The molecule has 0 bridgehead atoms. The highest BCUT2D eigenvalue weighted by molar-refractivity contribution is 5.95. The van der Waals surface area contributed by atoms with E-state index in [9.17, 15) is 22.4 Å². The Morgan fingerprint density at radius 1 is 1.16 bits per heavy atom. The van der Waals surface area contributed by atoms with E-state index < -0.39 is 42.0 Å². The quantitative estimate of drug-likeness (QED) is 0.263. The monoisotopic (exact) mass is 603 g/mol. The lowest BCUT2D eigenvalue weighted by Gasteiger charge is -2.25. The fourth-order valence-electron chi connectivity index (χ4n) is 5.10. The van der Waals surface area contributed by atoms with Gasteiger partial charge in [-0.1, -0.05) is 18.2 Å². The number of carbonyl (C=O) groups is 1. The Morgan fingerprint density at radius 2 is 1.95 bits per heavy atom. The minimum absolute atomic E-state index is 0.0112. The number of hydrogen-bond acceptors (Lipinski definition) is 6. The highest BCUT2D eigenvalue weighted by atomic mass is 19.3. The number of carbonyl (C=O) groups excluding carboxylic acids is 1. The minimum Gasteiger partial charge on any atom is -0.378 e. The zero-order chi connectivity index (χ0) is 30.9. The summed E-state index contributed by atoms with van der Waals surface area (Å²) in [5.41, 5.74) is 2.58. The molecule has 228 valence electrons. The van der Waals surface area contributed by atoms with E-state index >= 15 is 4.39 Å². The predicted octanol–water partition coefficient (Wildman–Crippen LogP) is 4.76. The molecular formula is C29H30F5N7O2. The zero-order valence-electron chi connectivity index (χ0n) is 23.8. The van der Waals surface area contributed by atoms with Crippen molar-refractivity contribution in [1.82, 2.24) is 34.8 Å². The van der Waals surface area contributed by atoms with Crippen molar-refractivity contribution in [1.29, 1.82) is 0 Å². The van der Waals surface area contributed by atoms with Gasteiger partial charge in [0, 0.05) is 45.4 Å². The van der Waals surface area contributed by atoms with Gasteiger partial charge in [0.15, 0.2) is 0 Å². The lowest BCUT2D eigenvalue weighted by molar-refractivity contribution is 0.0136. The van der Waals surface area contributed by atoms with Crippen molar-refractivity contribution in [2.24, 2.45) is 0 Å². The van der Waals surface area contributed by atoms with Crippen LogP contribution >= 0.6 is 0 Å². The number of likely N-dealkylation sites (N-methyl/N-ethyl adjacent to an activating group) is 1. The molecule has 1 N–H and O–H groups in total. The first-order chi connectivity index (χ1) is 20.4. The van der Waals surface area contributed by atoms with Gasteiger partial charge in [-0.25, -0.2) is 31.6 Å². The highest BCUT2D eigenvalue weighted by Gasteiger charge is 2.31. The number of amides is 1. The van der Waals surface area contributed by atoms with Gasteiger partial charge in [0.05, 0.1) is 30.0 Å². The van der Waals surface area contributed by atoms with Crippen LogP contribution in [0.4, 0.5) is 22.0 Å². The summed E-state index contributed by atoms with van der Waals surface area (Å²) in [6.07, 6.45) is 0.439. The van der Waals surface area contributed by atoms with Crippen LogP contribution in [0.25, 0.3) is 5.69 Å².